The van der Waals surface area contributed by atoms with Gasteiger partial charge in [-0.2, -0.15) is 0 Å². The lowest BCUT2D eigenvalue weighted by Gasteiger charge is -2.27. The topological polar surface area (TPSA) is 55.4 Å². The molecule has 0 heterocycles. The van der Waals surface area contributed by atoms with Crippen LogP contribution in [0.1, 0.15) is 35.3 Å². The molecule has 0 aliphatic carbocycles. The van der Waals surface area contributed by atoms with Crippen LogP contribution >= 0.6 is 0 Å². The Bertz CT molecular complexity index is 760. The normalized spacial score (nSPS) is 13.2. The third-order valence-electron chi connectivity index (χ3n) is 4.02. The highest BCUT2D eigenvalue weighted by Crippen LogP contribution is 2.27. The van der Waals surface area contributed by atoms with E-state index in [1.54, 1.807) is 36.4 Å². The van der Waals surface area contributed by atoms with Crippen molar-refractivity contribution in [1.29, 1.82) is 0 Å². The smallest absolute Gasteiger partial charge is 0.256 e. The maximum Gasteiger partial charge on any atom is 0.256 e. The van der Waals surface area contributed by atoms with Crippen molar-refractivity contribution >= 4 is 11.7 Å². The predicted molar refractivity (Wildman–Crippen MR) is 89.1 cm³/mol. The zero-order chi connectivity index (χ0) is 17.7. The third kappa shape index (κ3) is 3.68. The lowest BCUT2D eigenvalue weighted by molar-refractivity contribution is -0.143. The molecule has 2 rings (SSSR count). The Labute approximate surface area is 140 Å². The Morgan fingerprint density at radius 1 is 1.17 bits per heavy atom. The van der Waals surface area contributed by atoms with Crippen LogP contribution in [0, 0.1) is 5.82 Å². The van der Waals surface area contributed by atoms with E-state index in [1.807, 2.05) is 0 Å². The maximum absolute atomic E-state index is 14.0. The number of hydrogen-bond acceptors (Lipinski definition) is 3. The van der Waals surface area contributed by atoms with Gasteiger partial charge in [0.1, 0.15) is 5.82 Å². The van der Waals surface area contributed by atoms with Gasteiger partial charge in [0.25, 0.3) is 5.91 Å². The van der Waals surface area contributed by atoms with Gasteiger partial charge in [0, 0.05) is 24.8 Å². The van der Waals surface area contributed by atoms with E-state index in [9.17, 15) is 14.0 Å². The first-order chi connectivity index (χ1) is 11.4. The molecule has 0 aliphatic heterocycles. The number of nitrogens with one attached hydrogen (secondary N) is 1. The number of amides is 1. The van der Waals surface area contributed by atoms with E-state index in [4.69, 9.17) is 4.74 Å². The number of Topliss-reactive ketones (excluding diaryl/α,β-unsaturated/α-hetero) is 1. The van der Waals surface area contributed by atoms with Crippen molar-refractivity contribution in [3.63, 3.8) is 0 Å². The second kappa shape index (κ2) is 7.36. The SMILES string of the molecule is COC(C)(C(=O)NCc1cccc(C(C)=O)c1)c1ccccc1F. The Morgan fingerprint density at radius 2 is 1.88 bits per heavy atom. The molecular formula is C19H20FNO3. The fraction of sp³-hybridized carbons (Fsp3) is 0.263. The minimum Gasteiger partial charge on any atom is -0.364 e. The molecular weight excluding hydrogens is 309 g/mol. The molecule has 0 saturated heterocycles. The maximum atomic E-state index is 14.0. The zero-order valence-corrected chi connectivity index (χ0v) is 13.9. The van der Waals surface area contributed by atoms with Crippen LogP contribution < -0.4 is 5.32 Å². The summed E-state index contributed by atoms with van der Waals surface area (Å²) in [6, 6.07) is 13.0. The van der Waals surface area contributed by atoms with Crippen LogP contribution in [0.2, 0.25) is 0 Å². The highest BCUT2D eigenvalue weighted by atomic mass is 19.1. The van der Waals surface area contributed by atoms with Crippen LogP contribution in [0.3, 0.4) is 0 Å². The molecule has 0 saturated carbocycles. The van der Waals surface area contributed by atoms with Crippen LogP contribution in [0.25, 0.3) is 0 Å². The number of carbonyl (C=O) groups is 2. The quantitative estimate of drug-likeness (QED) is 0.828. The molecule has 1 N–H and O–H groups in total. The summed E-state index contributed by atoms with van der Waals surface area (Å²) in [6.45, 7) is 3.22. The van der Waals surface area contributed by atoms with Gasteiger partial charge in [-0.1, -0.05) is 36.4 Å². The van der Waals surface area contributed by atoms with Crippen molar-refractivity contribution in [2.75, 3.05) is 7.11 Å². The third-order valence-corrected chi connectivity index (χ3v) is 4.02. The van der Waals surface area contributed by atoms with Gasteiger partial charge in [0.2, 0.25) is 0 Å². The summed E-state index contributed by atoms with van der Waals surface area (Å²) >= 11 is 0. The predicted octanol–water partition coefficient (Wildman–Crippen LogP) is 3.21. The van der Waals surface area contributed by atoms with E-state index in [1.165, 1.54) is 33.1 Å². The Kier molecular flexibility index (Phi) is 5.46. The van der Waals surface area contributed by atoms with Crippen LogP contribution in [0.5, 0.6) is 0 Å². The summed E-state index contributed by atoms with van der Waals surface area (Å²) in [5.74, 6) is -1.00. The molecule has 0 radical (unpaired) electrons. The van der Waals surface area contributed by atoms with Gasteiger partial charge in [0.15, 0.2) is 11.4 Å². The number of ketones is 1. The Hall–Kier alpha value is -2.53. The lowest BCUT2D eigenvalue weighted by atomic mass is 9.94. The fourth-order valence-corrected chi connectivity index (χ4v) is 2.42. The second-order valence-electron chi connectivity index (χ2n) is 5.66. The van der Waals surface area contributed by atoms with E-state index in [0.29, 0.717) is 5.56 Å². The molecule has 5 heteroatoms. The van der Waals surface area contributed by atoms with Crippen LogP contribution in [-0.2, 0) is 21.7 Å². The average molecular weight is 329 g/mol. The van der Waals surface area contributed by atoms with Crippen LogP contribution in [0.4, 0.5) is 4.39 Å². The monoisotopic (exact) mass is 329 g/mol. The molecule has 0 aromatic heterocycles. The molecule has 2 aromatic carbocycles. The van der Waals surface area contributed by atoms with Crippen molar-refractivity contribution in [1.82, 2.24) is 5.32 Å². The number of halogens is 1. The van der Waals surface area contributed by atoms with Crippen molar-refractivity contribution in [3.8, 4) is 0 Å². The second-order valence-corrected chi connectivity index (χ2v) is 5.66. The molecule has 0 aliphatic rings. The number of hydrogen-bond donors (Lipinski definition) is 1. The number of carbonyl (C=O) groups excluding carboxylic acids is 2. The molecule has 0 fully saturated rings. The average Bonchev–Trinajstić information content (AvgIpc) is 2.59. The molecule has 24 heavy (non-hydrogen) atoms. The summed E-state index contributed by atoms with van der Waals surface area (Å²) < 4.78 is 19.4. The van der Waals surface area contributed by atoms with Gasteiger partial charge in [0.05, 0.1) is 0 Å². The number of rotatable bonds is 6. The largest absolute Gasteiger partial charge is 0.364 e. The van der Waals surface area contributed by atoms with E-state index in [2.05, 4.69) is 5.32 Å². The summed E-state index contributed by atoms with van der Waals surface area (Å²) in [5, 5.41) is 2.74. The van der Waals surface area contributed by atoms with Gasteiger partial charge in [-0.15, -0.1) is 0 Å². The minimum absolute atomic E-state index is 0.0451. The van der Waals surface area contributed by atoms with E-state index in [-0.39, 0.29) is 17.9 Å². The van der Waals surface area contributed by atoms with Gasteiger partial charge >= 0.3 is 0 Å². The Morgan fingerprint density at radius 3 is 2.50 bits per heavy atom. The van der Waals surface area contributed by atoms with Crippen molar-refractivity contribution in [3.05, 3.63) is 71.0 Å². The molecule has 0 spiro atoms. The standard InChI is InChI=1S/C19H20FNO3/c1-13(22)15-8-6-7-14(11-15)12-21-18(23)19(2,24-3)16-9-4-5-10-17(16)20/h4-11H,12H2,1-3H3,(H,21,23). The van der Waals surface area contributed by atoms with Crippen LogP contribution in [0.15, 0.2) is 48.5 Å². The number of ether oxygens (including phenoxy) is 1. The molecule has 0 bridgehead atoms. The van der Waals surface area contributed by atoms with Gasteiger partial charge in [-0.05, 0) is 31.5 Å². The van der Waals surface area contributed by atoms with Gasteiger partial charge < -0.3 is 10.1 Å². The number of benzene rings is 2. The highest BCUT2D eigenvalue weighted by Gasteiger charge is 2.37. The molecule has 126 valence electrons. The van der Waals surface area contributed by atoms with Gasteiger partial charge in [-0.3, -0.25) is 9.59 Å². The van der Waals surface area contributed by atoms with Crippen molar-refractivity contribution in [2.24, 2.45) is 0 Å². The number of methoxy groups -OCH3 is 1. The zero-order valence-electron chi connectivity index (χ0n) is 13.9. The van der Waals surface area contributed by atoms with E-state index >= 15 is 0 Å². The molecule has 2 aromatic rings. The molecule has 1 atom stereocenters. The first-order valence-corrected chi connectivity index (χ1v) is 7.57. The van der Waals surface area contributed by atoms with E-state index in [0.717, 1.165) is 5.56 Å². The lowest BCUT2D eigenvalue weighted by Crippen LogP contribution is -2.44. The summed E-state index contributed by atoms with van der Waals surface area (Å²) in [5.41, 5.74) is 0.0830. The first-order valence-electron chi connectivity index (χ1n) is 7.57. The first kappa shape index (κ1) is 17.8. The fourth-order valence-electron chi connectivity index (χ4n) is 2.42. The highest BCUT2D eigenvalue weighted by molar-refractivity contribution is 5.94. The molecule has 1 unspecified atom stereocenters. The minimum atomic E-state index is -1.44. The Balaban J connectivity index is 2.17. The summed E-state index contributed by atoms with van der Waals surface area (Å²) in [6.07, 6.45) is 0. The van der Waals surface area contributed by atoms with Crippen LogP contribution in [-0.4, -0.2) is 18.8 Å². The van der Waals surface area contributed by atoms with E-state index < -0.39 is 17.3 Å². The van der Waals surface area contributed by atoms with Crippen molar-refractivity contribution in [2.45, 2.75) is 26.0 Å². The molecule has 4 nitrogen and oxygen atoms in total. The van der Waals surface area contributed by atoms with Gasteiger partial charge in [-0.25, -0.2) is 4.39 Å². The summed E-state index contributed by atoms with van der Waals surface area (Å²) in [4.78, 5) is 24.0. The van der Waals surface area contributed by atoms with Crippen molar-refractivity contribution < 1.29 is 18.7 Å². The summed E-state index contributed by atoms with van der Waals surface area (Å²) in [7, 11) is 1.36. The molecule has 1 amide bonds.